The van der Waals surface area contributed by atoms with Crippen molar-refractivity contribution in [2.24, 2.45) is 0 Å². The van der Waals surface area contributed by atoms with E-state index in [4.69, 9.17) is 11.6 Å². The molecule has 0 saturated carbocycles. The molecule has 0 aliphatic heterocycles. The van der Waals surface area contributed by atoms with E-state index in [9.17, 15) is 9.59 Å². The van der Waals surface area contributed by atoms with Crippen molar-refractivity contribution in [3.63, 3.8) is 0 Å². The normalized spacial score (nSPS) is 12.2. The summed E-state index contributed by atoms with van der Waals surface area (Å²) in [5, 5.41) is 9.98. The largest absolute Gasteiger partial charge is 0.343 e. The predicted octanol–water partition coefficient (Wildman–Crippen LogP) is 3.06. The van der Waals surface area contributed by atoms with Crippen LogP contribution in [0, 0.1) is 6.92 Å². The molecule has 0 saturated heterocycles. The van der Waals surface area contributed by atoms with Crippen LogP contribution in [-0.4, -0.2) is 25.9 Å². The zero-order valence-corrected chi connectivity index (χ0v) is 14.8. The van der Waals surface area contributed by atoms with Crippen molar-refractivity contribution in [1.29, 1.82) is 0 Å². The Labute approximate surface area is 143 Å². The third kappa shape index (κ3) is 4.17. The Balaban J connectivity index is 2.09. The second-order valence-corrected chi connectivity index (χ2v) is 6.84. The van der Waals surface area contributed by atoms with Gasteiger partial charge < -0.3 is 5.32 Å². The van der Waals surface area contributed by atoms with E-state index in [1.807, 2.05) is 13.8 Å². The Kier molecular flexibility index (Phi) is 5.90. The van der Waals surface area contributed by atoms with E-state index >= 15 is 0 Å². The third-order valence-corrected chi connectivity index (χ3v) is 4.85. The maximum Gasteiger partial charge on any atom is 0.343 e. The first kappa shape index (κ1) is 17.6. The second kappa shape index (κ2) is 7.70. The number of carbonyl (C=O) groups excluding carboxylic acids is 1. The molecule has 2 aromatic rings. The smallest absolute Gasteiger partial charge is 0.325 e. The molecule has 8 heteroatoms. The number of carbonyl (C=O) groups is 1. The van der Waals surface area contributed by atoms with Crippen molar-refractivity contribution < 1.29 is 4.79 Å². The molecule has 0 aliphatic carbocycles. The van der Waals surface area contributed by atoms with E-state index in [0.717, 1.165) is 12.0 Å². The van der Waals surface area contributed by atoms with E-state index in [-0.39, 0.29) is 11.6 Å². The summed E-state index contributed by atoms with van der Waals surface area (Å²) >= 11 is 7.30. The van der Waals surface area contributed by atoms with Crippen LogP contribution < -0.4 is 11.0 Å². The number of hydrogen-bond acceptors (Lipinski definition) is 4. The molecule has 6 nitrogen and oxygen atoms in total. The van der Waals surface area contributed by atoms with Crippen LogP contribution in [-0.2, 0) is 11.3 Å². The summed E-state index contributed by atoms with van der Waals surface area (Å²) in [6, 6.07) is 5.37. The molecule has 0 spiro atoms. The van der Waals surface area contributed by atoms with Crippen LogP contribution in [0.3, 0.4) is 0 Å². The number of amides is 1. The fraction of sp³-hybridized carbons (Fsp3) is 0.400. The Hall–Kier alpha value is -1.73. The molecule has 1 atom stereocenters. The standard InChI is InChI=1S/C15H19ClN4O2S/c1-4-8-20-14(22)18-19-15(20)23-10(3)13(21)17-12-7-5-6-11(16)9(12)2/h5-7,10H,4,8H2,1-3H3,(H,17,21)(H,18,22)/t10-/m1/s1. The lowest BCUT2D eigenvalue weighted by Gasteiger charge is -2.14. The van der Waals surface area contributed by atoms with E-state index < -0.39 is 5.25 Å². The SMILES string of the molecule is CCCn1c(S[C@H](C)C(=O)Nc2cccc(Cl)c2C)n[nH]c1=O. The molecule has 1 heterocycles. The first-order valence-electron chi connectivity index (χ1n) is 7.31. The van der Waals surface area contributed by atoms with Gasteiger partial charge >= 0.3 is 5.69 Å². The van der Waals surface area contributed by atoms with Crippen LogP contribution in [0.4, 0.5) is 5.69 Å². The number of aromatic amines is 1. The minimum atomic E-state index is -0.404. The van der Waals surface area contributed by atoms with Gasteiger partial charge in [-0.2, -0.15) is 0 Å². The van der Waals surface area contributed by atoms with Gasteiger partial charge in [-0.15, -0.1) is 5.10 Å². The highest BCUT2D eigenvalue weighted by Crippen LogP contribution is 2.25. The summed E-state index contributed by atoms with van der Waals surface area (Å²) < 4.78 is 1.54. The lowest BCUT2D eigenvalue weighted by Crippen LogP contribution is -2.24. The first-order valence-corrected chi connectivity index (χ1v) is 8.57. The van der Waals surface area contributed by atoms with E-state index in [1.54, 1.807) is 29.7 Å². The number of aromatic nitrogens is 3. The van der Waals surface area contributed by atoms with Crippen molar-refractivity contribution in [3.05, 3.63) is 39.3 Å². The summed E-state index contributed by atoms with van der Waals surface area (Å²) in [4.78, 5) is 24.0. The maximum atomic E-state index is 12.4. The zero-order chi connectivity index (χ0) is 17.0. The summed E-state index contributed by atoms with van der Waals surface area (Å²) in [6.45, 7) is 6.17. The van der Waals surface area contributed by atoms with Gasteiger partial charge in [-0.3, -0.25) is 9.36 Å². The average molecular weight is 355 g/mol. The zero-order valence-electron chi connectivity index (χ0n) is 13.2. The minimum absolute atomic E-state index is 0.168. The van der Waals surface area contributed by atoms with E-state index in [2.05, 4.69) is 15.5 Å². The molecular weight excluding hydrogens is 336 g/mol. The van der Waals surface area contributed by atoms with Crippen molar-refractivity contribution in [1.82, 2.24) is 14.8 Å². The number of halogens is 1. The summed E-state index contributed by atoms with van der Waals surface area (Å²) in [5.74, 6) is -0.168. The minimum Gasteiger partial charge on any atom is -0.325 e. The first-order chi connectivity index (χ1) is 10.9. The van der Waals surface area contributed by atoms with Gasteiger partial charge in [0.05, 0.1) is 5.25 Å². The summed E-state index contributed by atoms with van der Waals surface area (Å²) in [6.07, 6.45) is 0.815. The Morgan fingerprint density at radius 1 is 1.52 bits per heavy atom. The number of hydrogen-bond donors (Lipinski definition) is 2. The van der Waals surface area contributed by atoms with E-state index in [0.29, 0.717) is 22.4 Å². The lowest BCUT2D eigenvalue weighted by molar-refractivity contribution is -0.115. The van der Waals surface area contributed by atoms with Gasteiger partial charge in [0.15, 0.2) is 5.16 Å². The van der Waals surface area contributed by atoms with Crippen LogP contribution in [0.1, 0.15) is 25.8 Å². The van der Waals surface area contributed by atoms with E-state index in [1.165, 1.54) is 11.8 Å². The number of nitrogens with one attached hydrogen (secondary N) is 2. The fourth-order valence-electron chi connectivity index (χ4n) is 2.00. The molecule has 0 bridgehead atoms. The van der Waals surface area contributed by atoms with Gasteiger partial charge in [0.25, 0.3) is 0 Å². The topological polar surface area (TPSA) is 79.8 Å². The molecular formula is C15H19ClN4O2S. The monoisotopic (exact) mass is 354 g/mol. The van der Waals surface area contributed by atoms with Crippen molar-refractivity contribution >= 4 is 35.0 Å². The number of nitrogens with zero attached hydrogens (tertiary/aromatic N) is 2. The number of rotatable bonds is 6. The van der Waals surface area contributed by atoms with Gasteiger partial charge in [0, 0.05) is 17.3 Å². The molecule has 23 heavy (non-hydrogen) atoms. The molecule has 0 fully saturated rings. The van der Waals surface area contributed by atoms with Crippen molar-refractivity contribution in [2.75, 3.05) is 5.32 Å². The lowest BCUT2D eigenvalue weighted by atomic mass is 10.2. The Morgan fingerprint density at radius 2 is 2.26 bits per heavy atom. The van der Waals surface area contributed by atoms with Gasteiger partial charge in [0.2, 0.25) is 5.91 Å². The number of H-pyrrole nitrogens is 1. The van der Waals surface area contributed by atoms with Gasteiger partial charge in [-0.05, 0) is 38.0 Å². The highest BCUT2D eigenvalue weighted by molar-refractivity contribution is 8.00. The Bertz CT molecular complexity index is 756. The number of anilines is 1. The average Bonchev–Trinajstić information content (AvgIpc) is 2.85. The summed E-state index contributed by atoms with van der Waals surface area (Å²) in [5.41, 5.74) is 1.25. The van der Waals surface area contributed by atoms with Gasteiger partial charge in [-0.1, -0.05) is 36.4 Å². The molecule has 0 radical (unpaired) electrons. The predicted molar refractivity (Wildman–Crippen MR) is 93.3 cm³/mol. The quantitative estimate of drug-likeness (QED) is 0.781. The fourth-order valence-corrected chi connectivity index (χ4v) is 3.06. The molecule has 124 valence electrons. The highest BCUT2D eigenvalue weighted by atomic mass is 35.5. The molecule has 0 unspecified atom stereocenters. The van der Waals surface area contributed by atoms with Crippen LogP contribution >= 0.6 is 23.4 Å². The maximum absolute atomic E-state index is 12.4. The second-order valence-electron chi connectivity index (χ2n) is 5.12. The highest BCUT2D eigenvalue weighted by Gasteiger charge is 2.19. The van der Waals surface area contributed by atoms with Crippen molar-refractivity contribution in [3.8, 4) is 0 Å². The molecule has 0 aliphatic rings. The molecule has 1 amide bonds. The van der Waals surface area contributed by atoms with Gasteiger partial charge in [-0.25, -0.2) is 9.89 Å². The molecule has 1 aromatic heterocycles. The molecule has 1 aromatic carbocycles. The Morgan fingerprint density at radius 3 is 2.96 bits per heavy atom. The number of benzene rings is 1. The summed E-state index contributed by atoms with van der Waals surface area (Å²) in [7, 11) is 0. The van der Waals surface area contributed by atoms with Gasteiger partial charge in [0.1, 0.15) is 0 Å². The van der Waals surface area contributed by atoms with Crippen LogP contribution in [0.15, 0.2) is 28.2 Å². The van der Waals surface area contributed by atoms with Crippen LogP contribution in [0.5, 0.6) is 0 Å². The third-order valence-electron chi connectivity index (χ3n) is 3.35. The van der Waals surface area contributed by atoms with Crippen LogP contribution in [0.2, 0.25) is 5.02 Å². The van der Waals surface area contributed by atoms with Crippen LogP contribution in [0.25, 0.3) is 0 Å². The number of thioether (sulfide) groups is 1. The molecule has 2 N–H and O–H groups in total. The van der Waals surface area contributed by atoms with Crippen molar-refractivity contribution in [2.45, 2.75) is 44.1 Å². The molecule has 2 rings (SSSR count).